The standard InChI is InChI=1S/C27H32N2O6/c1-27(2,3)16-29(14-23(30)31)25(32)24-22(12-13-34-24)28-26(33)35-15-21-19-10-6-4-8-17(19)18-9-5-7-11-20(18)21/h4-11,21-22,24H,12-16H2,1-3H3,(H,28,33)(H,30,31)/t22-,24+/m0/s1. The molecule has 1 aliphatic heterocycles. The van der Waals surface area contributed by atoms with Gasteiger partial charge in [0.25, 0.3) is 5.91 Å². The average molecular weight is 481 g/mol. The first kappa shape index (κ1) is 24.7. The minimum atomic E-state index is -1.10. The van der Waals surface area contributed by atoms with Gasteiger partial charge in [0.05, 0.1) is 6.04 Å². The summed E-state index contributed by atoms with van der Waals surface area (Å²) in [6, 6.07) is 15.6. The lowest BCUT2D eigenvalue weighted by Gasteiger charge is -2.31. The molecule has 2 atom stereocenters. The molecule has 8 nitrogen and oxygen atoms in total. The molecule has 2 N–H and O–H groups in total. The maximum atomic E-state index is 13.1. The molecule has 2 amide bonds. The predicted octanol–water partition coefficient (Wildman–Crippen LogP) is 3.64. The fourth-order valence-electron chi connectivity index (χ4n) is 4.90. The van der Waals surface area contributed by atoms with Gasteiger partial charge in [-0.2, -0.15) is 0 Å². The van der Waals surface area contributed by atoms with Crippen molar-refractivity contribution in [3.05, 3.63) is 59.7 Å². The van der Waals surface area contributed by atoms with Crippen LogP contribution < -0.4 is 5.32 Å². The van der Waals surface area contributed by atoms with Crippen LogP contribution in [0.15, 0.2) is 48.5 Å². The zero-order chi connectivity index (χ0) is 25.2. The van der Waals surface area contributed by atoms with Crippen LogP contribution >= 0.6 is 0 Å². The van der Waals surface area contributed by atoms with E-state index in [1.54, 1.807) is 0 Å². The van der Waals surface area contributed by atoms with Crippen molar-refractivity contribution in [1.29, 1.82) is 0 Å². The molecule has 1 aliphatic carbocycles. The molecule has 2 aliphatic rings. The molecule has 0 saturated carbocycles. The Morgan fingerprint density at radius 3 is 2.23 bits per heavy atom. The Labute approximate surface area is 205 Å². The molecule has 2 aromatic rings. The molecule has 1 saturated heterocycles. The number of nitrogens with zero attached hydrogens (tertiary/aromatic N) is 1. The van der Waals surface area contributed by atoms with Gasteiger partial charge in [0.2, 0.25) is 0 Å². The predicted molar refractivity (Wildman–Crippen MR) is 130 cm³/mol. The summed E-state index contributed by atoms with van der Waals surface area (Å²) in [4.78, 5) is 38.5. The van der Waals surface area contributed by atoms with Crippen LogP contribution in [0, 0.1) is 5.41 Å². The quantitative estimate of drug-likeness (QED) is 0.627. The van der Waals surface area contributed by atoms with E-state index in [9.17, 15) is 19.5 Å². The van der Waals surface area contributed by atoms with Crippen LogP contribution in [0.2, 0.25) is 0 Å². The Hall–Kier alpha value is -3.39. The summed E-state index contributed by atoms with van der Waals surface area (Å²) in [7, 11) is 0. The summed E-state index contributed by atoms with van der Waals surface area (Å²) in [5, 5.41) is 12.0. The third-order valence-corrected chi connectivity index (χ3v) is 6.29. The molecular formula is C27H32N2O6. The number of ether oxygens (including phenoxy) is 2. The highest BCUT2D eigenvalue weighted by atomic mass is 16.6. The van der Waals surface area contributed by atoms with Gasteiger partial charge in [-0.05, 0) is 34.1 Å². The van der Waals surface area contributed by atoms with Crippen LogP contribution in [0.3, 0.4) is 0 Å². The summed E-state index contributed by atoms with van der Waals surface area (Å²) in [6.07, 6.45) is -1.13. The maximum absolute atomic E-state index is 13.1. The van der Waals surface area contributed by atoms with Gasteiger partial charge in [-0.15, -0.1) is 0 Å². The van der Waals surface area contributed by atoms with Gasteiger partial charge in [-0.1, -0.05) is 69.3 Å². The Morgan fingerprint density at radius 1 is 1.06 bits per heavy atom. The van der Waals surface area contributed by atoms with Crippen molar-refractivity contribution in [2.75, 3.05) is 26.3 Å². The molecule has 0 bridgehead atoms. The lowest BCUT2D eigenvalue weighted by molar-refractivity contribution is -0.150. The molecule has 0 spiro atoms. The van der Waals surface area contributed by atoms with E-state index in [1.165, 1.54) is 4.90 Å². The normalized spacial score (nSPS) is 19.1. The summed E-state index contributed by atoms with van der Waals surface area (Å²) < 4.78 is 11.2. The largest absolute Gasteiger partial charge is 0.480 e. The minimum Gasteiger partial charge on any atom is -0.480 e. The number of hydrogen-bond donors (Lipinski definition) is 2. The Morgan fingerprint density at radius 2 is 1.66 bits per heavy atom. The van der Waals surface area contributed by atoms with Gasteiger partial charge in [0, 0.05) is 19.1 Å². The Bertz CT molecular complexity index is 1060. The topological polar surface area (TPSA) is 105 Å². The maximum Gasteiger partial charge on any atom is 0.407 e. The number of carboxylic acid groups (broad SMARTS) is 1. The van der Waals surface area contributed by atoms with Gasteiger partial charge in [-0.3, -0.25) is 9.59 Å². The molecule has 8 heteroatoms. The highest BCUT2D eigenvalue weighted by Crippen LogP contribution is 2.44. The number of alkyl carbamates (subject to hydrolysis) is 1. The van der Waals surface area contributed by atoms with Crippen LogP contribution in [0.1, 0.15) is 44.2 Å². The van der Waals surface area contributed by atoms with Crippen LogP contribution in [0.5, 0.6) is 0 Å². The molecular weight excluding hydrogens is 448 g/mol. The highest BCUT2D eigenvalue weighted by Gasteiger charge is 2.39. The van der Waals surface area contributed by atoms with Crippen molar-refractivity contribution in [2.24, 2.45) is 5.41 Å². The summed E-state index contributed by atoms with van der Waals surface area (Å²) in [6.45, 7) is 6.08. The fraction of sp³-hybridized carbons (Fsp3) is 0.444. The average Bonchev–Trinajstić information content (AvgIpc) is 3.38. The molecule has 2 aromatic carbocycles. The van der Waals surface area contributed by atoms with Crippen molar-refractivity contribution in [3.8, 4) is 11.1 Å². The van der Waals surface area contributed by atoms with E-state index in [-0.39, 0.29) is 24.5 Å². The lowest BCUT2D eigenvalue weighted by Crippen LogP contribution is -2.52. The van der Waals surface area contributed by atoms with Crippen LogP contribution in [0.4, 0.5) is 4.79 Å². The number of nitrogens with one attached hydrogen (secondary N) is 1. The molecule has 4 rings (SSSR count). The minimum absolute atomic E-state index is 0.0664. The van der Waals surface area contributed by atoms with Crippen molar-refractivity contribution < 1.29 is 29.0 Å². The Balaban J connectivity index is 1.40. The number of hydrogen-bond acceptors (Lipinski definition) is 5. The highest BCUT2D eigenvalue weighted by molar-refractivity contribution is 5.86. The van der Waals surface area contributed by atoms with E-state index in [0.29, 0.717) is 13.0 Å². The number of carbonyl (C=O) groups excluding carboxylic acids is 2. The van der Waals surface area contributed by atoms with Gasteiger partial charge >= 0.3 is 12.1 Å². The van der Waals surface area contributed by atoms with Crippen molar-refractivity contribution in [1.82, 2.24) is 10.2 Å². The third kappa shape index (κ3) is 5.65. The second-order valence-electron chi connectivity index (χ2n) is 10.3. The molecule has 186 valence electrons. The molecule has 0 aromatic heterocycles. The van der Waals surface area contributed by atoms with E-state index in [4.69, 9.17) is 9.47 Å². The van der Waals surface area contributed by atoms with E-state index in [1.807, 2.05) is 57.2 Å². The molecule has 0 radical (unpaired) electrons. The first-order valence-electron chi connectivity index (χ1n) is 11.9. The van der Waals surface area contributed by atoms with E-state index in [0.717, 1.165) is 22.3 Å². The zero-order valence-electron chi connectivity index (χ0n) is 20.3. The van der Waals surface area contributed by atoms with Crippen molar-refractivity contribution in [2.45, 2.75) is 45.3 Å². The first-order valence-corrected chi connectivity index (χ1v) is 11.9. The second kappa shape index (κ2) is 10.1. The number of carboxylic acids is 1. The number of aliphatic carboxylic acids is 1. The molecule has 35 heavy (non-hydrogen) atoms. The van der Waals surface area contributed by atoms with Gasteiger partial charge in [-0.25, -0.2) is 4.79 Å². The number of rotatable bonds is 7. The second-order valence-corrected chi connectivity index (χ2v) is 10.3. The van der Waals surface area contributed by atoms with Crippen LogP contribution in [-0.2, 0) is 19.1 Å². The van der Waals surface area contributed by atoms with Crippen LogP contribution in [0.25, 0.3) is 11.1 Å². The van der Waals surface area contributed by atoms with Gasteiger partial charge < -0.3 is 24.8 Å². The Kier molecular flexibility index (Phi) is 7.12. The molecule has 1 fully saturated rings. The van der Waals surface area contributed by atoms with Crippen molar-refractivity contribution >= 4 is 18.0 Å². The molecule has 1 heterocycles. The fourth-order valence-corrected chi connectivity index (χ4v) is 4.90. The smallest absolute Gasteiger partial charge is 0.407 e. The number of carbonyl (C=O) groups is 3. The van der Waals surface area contributed by atoms with E-state index >= 15 is 0 Å². The zero-order valence-corrected chi connectivity index (χ0v) is 20.3. The first-order chi connectivity index (χ1) is 16.6. The van der Waals surface area contributed by atoms with Crippen LogP contribution in [-0.4, -0.2) is 66.4 Å². The van der Waals surface area contributed by atoms with Gasteiger partial charge in [0.1, 0.15) is 13.2 Å². The summed E-state index contributed by atoms with van der Waals surface area (Å²) in [5.74, 6) is -1.60. The SMILES string of the molecule is CC(C)(C)CN(CC(=O)O)C(=O)[C@@H]1OCC[C@@H]1NC(=O)OCC1c2ccccc2-c2ccccc21. The van der Waals surface area contributed by atoms with Gasteiger partial charge in [0.15, 0.2) is 6.10 Å². The van der Waals surface area contributed by atoms with E-state index in [2.05, 4.69) is 17.4 Å². The summed E-state index contributed by atoms with van der Waals surface area (Å²) >= 11 is 0. The number of fused-ring (bicyclic) bond motifs is 3. The van der Waals surface area contributed by atoms with E-state index < -0.39 is 36.7 Å². The monoisotopic (exact) mass is 480 g/mol. The number of benzene rings is 2. The van der Waals surface area contributed by atoms with Crippen molar-refractivity contribution in [3.63, 3.8) is 0 Å². The lowest BCUT2D eigenvalue weighted by atomic mass is 9.95. The third-order valence-electron chi connectivity index (χ3n) is 6.29. The molecule has 0 unspecified atom stereocenters. The summed E-state index contributed by atoms with van der Waals surface area (Å²) in [5.41, 5.74) is 4.23. The number of amides is 2.